The molecular weight excluding hydrogens is 494 g/mol. The second kappa shape index (κ2) is 11.5. The van der Waals surface area contributed by atoms with Crippen molar-refractivity contribution >= 4 is 40.4 Å². The molecule has 0 aromatic heterocycles. The highest BCUT2D eigenvalue weighted by Gasteiger charge is 2.36. The van der Waals surface area contributed by atoms with E-state index in [4.69, 9.17) is 14.9 Å². The molecule has 1 N–H and O–H groups in total. The van der Waals surface area contributed by atoms with Gasteiger partial charge in [0, 0.05) is 5.41 Å². The number of fused-ring (bicyclic) bond motifs is 1. The van der Waals surface area contributed by atoms with Crippen molar-refractivity contribution in [1.82, 2.24) is 4.90 Å². The first kappa shape index (κ1) is 25.5. The van der Waals surface area contributed by atoms with E-state index in [1.54, 1.807) is 11.0 Å². The van der Waals surface area contributed by atoms with Crippen molar-refractivity contribution in [3.63, 3.8) is 0 Å². The molecule has 0 aliphatic carbocycles. The summed E-state index contributed by atoms with van der Waals surface area (Å²) in [6.07, 6.45) is 2.76. The molecule has 1 amide bonds. The highest BCUT2D eigenvalue weighted by Crippen LogP contribution is 2.37. The van der Waals surface area contributed by atoms with Crippen LogP contribution >= 0.6 is 11.8 Å². The van der Waals surface area contributed by atoms with Gasteiger partial charge in [0.2, 0.25) is 0 Å². The first-order valence-electron chi connectivity index (χ1n) is 12.7. The van der Waals surface area contributed by atoms with E-state index in [1.165, 1.54) is 17.3 Å². The number of hydrogen-bond donors (Lipinski definition) is 1. The van der Waals surface area contributed by atoms with E-state index in [0.29, 0.717) is 30.0 Å². The average Bonchev–Trinajstić information content (AvgIpc) is 3.38. The Labute approximate surface area is 227 Å². The van der Waals surface area contributed by atoms with Crippen molar-refractivity contribution in [2.45, 2.75) is 26.2 Å². The number of hydrogen-bond acceptors (Lipinski definition) is 5. The van der Waals surface area contributed by atoms with E-state index < -0.39 is 5.91 Å². The molecule has 3 aromatic carbocycles. The Bertz CT molecular complexity index is 1430. The second-order valence-corrected chi connectivity index (χ2v) is 9.88. The van der Waals surface area contributed by atoms with Gasteiger partial charge >= 0.3 is 0 Å². The number of rotatable bonds is 9. The summed E-state index contributed by atoms with van der Waals surface area (Å²) in [5, 5.41) is 11.2. The van der Waals surface area contributed by atoms with E-state index in [2.05, 4.69) is 24.9 Å². The number of nitrogens with zero attached hydrogens (tertiary/aromatic N) is 2. The SMILES string of the molecule is CCC(C)c1ccccc1OCCOc1ccc(/C=C2/C(=N)N3C(c4ccccc4)=CSC3=NC2=O)cc1. The van der Waals surface area contributed by atoms with Crippen LogP contribution in [0.4, 0.5) is 0 Å². The lowest BCUT2D eigenvalue weighted by Crippen LogP contribution is -2.38. The molecule has 0 bridgehead atoms. The lowest BCUT2D eigenvalue weighted by Gasteiger charge is -2.26. The molecule has 38 heavy (non-hydrogen) atoms. The van der Waals surface area contributed by atoms with Gasteiger partial charge in [-0.25, -0.2) is 0 Å². The minimum atomic E-state index is -0.411. The lowest BCUT2D eigenvalue weighted by atomic mass is 9.98. The molecular formula is C31H29N3O3S. The largest absolute Gasteiger partial charge is 0.490 e. The predicted molar refractivity (Wildman–Crippen MR) is 155 cm³/mol. The number of amides is 1. The lowest BCUT2D eigenvalue weighted by molar-refractivity contribution is -0.114. The molecule has 192 valence electrons. The number of para-hydroxylation sites is 1. The van der Waals surface area contributed by atoms with Gasteiger partial charge in [0.15, 0.2) is 5.17 Å². The summed E-state index contributed by atoms with van der Waals surface area (Å²) in [6.45, 7) is 5.23. The van der Waals surface area contributed by atoms with Crippen molar-refractivity contribution < 1.29 is 14.3 Å². The van der Waals surface area contributed by atoms with Gasteiger partial charge in [-0.2, -0.15) is 4.99 Å². The van der Waals surface area contributed by atoms with Crippen LogP contribution in [0, 0.1) is 5.41 Å². The smallest absolute Gasteiger partial charge is 0.283 e. The summed E-state index contributed by atoms with van der Waals surface area (Å²) < 4.78 is 11.9. The third kappa shape index (κ3) is 5.43. The number of carbonyl (C=O) groups excluding carboxylic acids is 1. The fourth-order valence-electron chi connectivity index (χ4n) is 4.29. The Morgan fingerprint density at radius 3 is 2.45 bits per heavy atom. The molecule has 2 aliphatic heterocycles. The normalized spacial score (nSPS) is 16.7. The molecule has 3 aromatic rings. The second-order valence-electron chi connectivity index (χ2n) is 9.04. The summed E-state index contributed by atoms with van der Waals surface area (Å²) in [6, 6.07) is 25.4. The van der Waals surface area contributed by atoms with Crippen LogP contribution in [0.3, 0.4) is 0 Å². The van der Waals surface area contributed by atoms with Crippen LogP contribution in [-0.2, 0) is 4.79 Å². The van der Waals surface area contributed by atoms with Gasteiger partial charge in [0.1, 0.15) is 30.5 Å². The summed E-state index contributed by atoms with van der Waals surface area (Å²) in [4.78, 5) is 18.7. The molecule has 2 heterocycles. The molecule has 6 nitrogen and oxygen atoms in total. The molecule has 2 aliphatic rings. The number of benzene rings is 3. The Balaban J connectivity index is 1.22. The zero-order valence-corrected chi connectivity index (χ0v) is 22.2. The number of aliphatic imine (C=N–C) groups is 1. The minimum Gasteiger partial charge on any atom is -0.490 e. The summed E-state index contributed by atoms with van der Waals surface area (Å²) in [5.41, 5.74) is 4.07. The number of carbonyl (C=O) groups is 1. The molecule has 0 saturated carbocycles. The Morgan fingerprint density at radius 2 is 1.68 bits per heavy atom. The molecule has 0 radical (unpaired) electrons. The third-order valence-electron chi connectivity index (χ3n) is 6.55. The van der Waals surface area contributed by atoms with Crippen LogP contribution in [0.1, 0.15) is 42.9 Å². The maximum atomic E-state index is 12.7. The summed E-state index contributed by atoms with van der Waals surface area (Å²) >= 11 is 1.36. The highest BCUT2D eigenvalue weighted by molar-refractivity contribution is 8.17. The molecule has 7 heteroatoms. The van der Waals surface area contributed by atoms with E-state index in [9.17, 15) is 4.79 Å². The summed E-state index contributed by atoms with van der Waals surface area (Å²) in [5.74, 6) is 1.76. The van der Waals surface area contributed by atoms with E-state index in [0.717, 1.165) is 29.0 Å². The van der Waals surface area contributed by atoms with Gasteiger partial charge in [0.25, 0.3) is 5.91 Å². The van der Waals surface area contributed by atoms with Crippen LogP contribution in [-0.4, -0.2) is 35.0 Å². The van der Waals surface area contributed by atoms with Crippen molar-refractivity contribution in [3.05, 3.63) is 107 Å². The maximum Gasteiger partial charge on any atom is 0.283 e. The van der Waals surface area contributed by atoms with Crippen LogP contribution in [0.15, 0.2) is 94.8 Å². The first-order chi connectivity index (χ1) is 18.5. The minimum absolute atomic E-state index is 0.121. The van der Waals surface area contributed by atoms with Crippen molar-refractivity contribution in [3.8, 4) is 11.5 Å². The molecule has 0 fully saturated rings. The van der Waals surface area contributed by atoms with Gasteiger partial charge in [-0.15, -0.1) is 0 Å². The van der Waals surface area contributed by atoms with Gasteiger partial charge in [-0.1, -0.05) is 86.3 Å². The number of ether oxygens (including phenoxy) is 2. The monoisotopic (exact) mass is 523 g/mol. The van der Waals surface area contributed by atoms with Gasteiger partial charge in [0.05, 0.1) is 11.3 Å². The standard InChI is InChI=1S/C31H29N3O3S/c1-3-21(2)25-11-7-8-12-28(25)37-18-17-36-24-15-13-22(14-16-24)19-26-29(32)34-27(23-9-5-4-6-10-23)20-38-31(34)33-30(26)35/h4-16,19-21,32H,3,17-18H2,1-2H3/b26-19-,32-29?. The number of amidine groups is 2. The highest BCUT2D eigenvalue weighted by atomic mass is 32.2. The van der Waals surface area contributed by atoms with E-state index in [1.807, 2.05) is 78.2 Å². The first-order valence-corrected chi connectivity index (χ1v) is 13.5. The molecule has 1 atom stereocenters. The van der Waals surface area contributed by atoms with Gasteiger partial charge in [-0.05, 0) is 53.3 Å². The van der Waals surface area contributed by atoms with Crippen LogP contribution < -0.4 is 9.47 Å². The maximum absolute atomic E-state index is 12.7. The van der Waals surface area contributed by atoms with Crippen molar-refractivity contribution in [2.75, 3.05) is 13.2 Å². The summed E-state index contributed by atoms with van der Waals surface area (Å²) in [7, 11) is 0. The fourth-order valence-corrected chi connectivity index (χ4v) is 5.18. The van der Waals surface area contributed by atoms with Gasteiger partial charge < -0.3 is 9.47 Å². The van der Waals surface area contributed by atoms with Crippen LogP contribution in [0.2, 0.25) is 0 Å². The Hall–Kier alpha value is -4.10. The molecule has 1 unspecified atom stereocenters. The van der Waals surface area contributed by atoms with Crippen LogP contribution in [0.25, 0.3) is 11.8 Å². The van der Waals surface area contributed by atoms with E-state index >= 15 is 0 Å². The van der Waals surface area contributed by atoms with Crippen molar-refractivity contribution in [1.29, 1.82) is 5.41 Å². The average molecular weight is 524 g/mol. The van der Waals surface area contributed by atoms with Crippen LogP contribution in [0.5, 0.6) is 11.5 Å². The number of nitrogens with one attached hydrogen (secondary N) is 1. The molecule has 0 spiro atoms. The zero-order valence-electron chi connectivity index (χ0n) is 21.4. The molecule has 5 rings (SSSR count). The molecule has 0 saturated heterocycles. The number of thioether (sulfide) groups is 1. The zero-order chi connectivity index (χ0) is 26.5. The Morgan fingerprint density at radius 1 is 0.974 bits per heavy atom. The predicted octanol–water partition coefficient (Wildman–Crippen LogP) is 6.96. The Kier molecular flexibility index (Phi) is 7.75. The van der Waals surface area contributed by atoms with E-state index in [-0.39, 0.29) is 11.4 Å². The van der Waals surface area contributed by atoms with Gasteiger partial charge in [-0.3, -0.25) is 15.1 Å². The fraction of sp³-hybridized carbons (Fsp3) is 0.194. The third-order valence-corrected chi connectivity index (χ3v) is 7.37. The quantitative estimate of drug-likeness (QED) is 0.242. The topological polar surface area (TPSA) is 75.0 Å². The van der Waals surface area contributed by atoms with Crippen molar-refractivity contribution in [2.24, 2.45) is 4.99 Å².